The van der Waals surface area contributed by atoms with Crippen LogP contribution in [0.2, 0.25) is 0 Å². The van der Waals surface area contributed by atoms with Crippen molar-refractivity contribution in [3.05, 3.63) is 41.6 Å². The molecule has 0 bridgehead atoms. The van der Waals surface area contributed by atoms with Gasteiger partial charge >= 0.3 is 0 Å². The number of para-hydroxylation sites is 1. The number of aryl methyl sites for hydroxylation is 1. The van der Waals surface area contributed by atoms with Gasteiger partial charge in [-0.05, 0) is 37.3 Å². The van der Waals surface area contributed by atoms with E-state index in [4.69, 9.17) is 10.5 Å². The molecule has 1 aromatic carbocycles. The van der Waals surface area contributed by atoms with Crippen LogP contribution in [0, 0.1) is 12.8 Å². The smallest absolute Gasteiger partial charge is 0.241 e. The number of nitrogens with two attached hydrogens (primary N) is 1. The summed E-state index contributed by atoms with van der Waals surface area (Å²) >= 11 is 0. The third-order valence-corrected chi connectivity index (χ3v) is 4.08. The van der Waals surface area contributed by atoms with E-state index < -0.39 is 0 Å². The fourth-order valence-electron chi connectivity index (χ4n) is 2.88. The number of hydrogen-bond donors (Lipinski definition) is 2. The highest BCUT2D eigenvalue weighted by Crippen LogP contribution is 2.26. The Hall–Kier alpha value is -2.50. The molecule has 1 atom stereocenters. The van der Waals surface area contributed by atoms with Gasteiger partial charge in [0.25, 0.3) is 0 Å². The van der Waals surface area contributed by atoms with Gasteiger partial charge in [-0.15, -0.1) is 0 Å². The van der Waals surface area contributed by atoms with Crippen molar-refractivity contribution in [1.29, 1.82) is 0 Å². The van der Waals surface area contributed by atoms with Crippen molar-refractivity contribution >= 4 is 11.7 Å². The molecule has 0 saturated heterocycles. The minimum atomic E-state index is -0.0711. The van der Waals surface area contributed by atoms with Gasteiger partial charge in [-0.2, -0.15) is 5.10 Å². The fourth-order valence-corrected chi connectivity index (χ4v) is 2.88. The lowest BCUT2D eigenvalue weighted by molar-refractivity contribution is -0.122. The van der Waals surface area contributed by atoms with E-state index in [0.29, 0.717) is 24.9 Å². The van der Waals surface area contributed by atoms with Crippen LogP contribution in [-0.4, -0.2) is 28.8 Å². The first-order valence-corrected chi connectivity index (χ1v) is 7.89. The van der Waals surface area contributed by atoms with Crippen LogP contribution in [-0.2, 0) is 17.8 Å². The molecule has 1 aromatic heterocycles. The Morgan fingerprint density at radius 2 is 2.30 bits per heavy atom. The zero-order valence-corrected chi connectivity index (χ0v) is 13.3. The predicted molar refractivity (Wildman–Crippen MR) is 88.1 cm³/mol. The van der Waals surface area contributed by atoms with E-state index in [2.05, 4.69) is 16.5 Å². The Bertz CT molecular complexity index is 696. The van der Waals surface area contributed by atoms with Gasteiger partial charge in [0, 0.05) is 12.6 Å². The molecule has 2 heterocycles. The van der Waals surface area contributed by atoms with Gasteiger partial charge in [-0.3, -0.25) is 4.79 Å². The number of aromatic nitrogens is 2. The molecule has 0 saturated carbocycles. The summed E-state index contributed by atoms with van der Waals surface area (Å²) in [6.07, 6.45) is 1.84. The minimum Gasteiger partial charge on any atom is -0.493 e. The molecule has 0 radical (unpaired) electrons. The largest absolute Gasteiger partial charge is 0.493 e. The normalized spacial score (nSPS) is 17.0. The third kappa shape index (κ3) is 3.83. The van der Waals surface area contributed by atoms with Crippen LogP contribution in [0.3, 0.4) is 0 Å². The summed E-state index contributed by atoms with van der Waals surface area (Å²) in [5, 5.41) is 7.19. The Morgan fingerprint density at radius 3 is 3.09 bits per heavy atom. The van der Waals surface area contributed by atoms with E-state index >= 15 is 0 Å². The van der Waals surface area contributed by atoms with E-state index in [9.17, 15) is 4.79 Å². The van der Waals surface area contributed by atoms with Crippen LogP contribution in [0.4, 0.5) is 5.82 Å². The molecule has 3 rings (SSSR count). The molecular formula is C17H22N4O2. The monoisotopic (exact) mass is 314 g/mol. The van der Waals surface area contributed by atoms with E-state index in [0.717, 1.165) is 24.3 Å². The molecule has 1 amide bonds. The molecule has 3 N–H and O–H groups in total. The fraction of sp³-hybridized carbons (Fsp3) is 0.412. The number of nitrogens with one attached hydrogen (secondary N) is 1. The Kier molecular flexibility index (Phi) is 4.50. The number of nitrogens with zero attached hydrogens (tertiary/aromatic N) is 2. The van der Waals surface area contributed by atoms with Crippen molar-refractivity contribution in [3.63, 3.8) is 0 Å². The molecule has 6 heteroatoms. The van der Waals surface area contributed by atoms with Crippen molar-refractivity contribution in [2.75, 3.05) is 18.9 Å². The Morgan fingerprint density at radius 1 is 1.48 bits per heavy atom. The van der Waals surface area contributed by atoms with Crippen LogP contribution in [0.15, 0.2) is 30.3 Å². The summed E-state index contributed by atoms with van der Waals surface area (Å²) in [6, 6.07) is 9.85. The van der Waals surface area contributed by atoms with E-state index in [1.54, 1.807) is 6.07 Å². The maximum atomic E-state index is 12.1. The lowest BCUT2D eigenvalue weighted by Crippen LogP contribution is -2.33. The lowest BCUT2D eigenvalue weighted by Gasteiger charge is -2.15. The summed E-state index contributed by atoms with van der Waals surface area (Å²) in [5.41, 5.74) is 7.82. The van der Waals surface area contributed by atoms with Gasteiger partial charge in [-0.1, -0.05) is 18.2 Å². The SMILES string of the molecule is Cc1cc(N)n(CC(=O)NCC2CCOc3ccccc3C2)n1. The molecule has 0 fully saturated rings. The van der Waals surface area contributed by atoms with Gasteiger partial charge < -0.3 is 15.8 Å². The summed E-state index contributed by atoms with van der Waals surface area (Å²) in [5.74, 6) is 1.77. The zero-order chi connectivity index (χ0) is 16.2. The predicted octanol–water partition coefficient (Wildman–Crippen LogP) is 1.53. The Balaban J connectivity index is 1.54. The standard InChI is InChI=1S/C17H22N4O2/c1-12-8-16(18)21(20-12)11-17(22)19-10-13-6-7-23-15-5-3-2-4-14(15)9-13/h2-5,8,13H,6-7,9-11,18H2,1H3,(H,19,22). The second-order valence-corrected chi connectivity index (χ2v) is 5.99. The molecule has 1 aliphatic rings. The summed E-state index contributed by atoms with van der Waals surface area (Å²) in [4.78, 5) is 12.1. The first-order valence-electron chi connectivity index (χ1n) is 7.89. The van der Waals surface area contributed by atoms with E-state index in [1.807, 2.05) is 25.1 Å². The molecule has 23 heavy (non-hydrogen) atoms. The summed E-state index contributed by atoms with van der Waals surface area (Å²) in [6.45, 7) is 3.33. The van der Waals surface area contributed by atoms with Crippen LogP contribution in [0.25, 0.3) is 0 Å². The first-order chi connectivity index (χ1) is 11.1. The molecular weight excluding hydrogens is 292 g/mol. The average molecular weight is 314 g/mol. The van der Waals surface area contributed by atoms with Crippen molar-refractivity contribution < 1.29 is 9.53 Å². The second kappa shape index (κ2) is 6.73. The van der Waals surface area contributed by atoms with Gasteiger partial charge in [0.2, 0.25) is 5.91 Å². The molecule has 0 aliphatic carbocycles. The number of ether oxygens (including phenoxy) is 1. The number of nitrogen functional groups attached to an aromatic ring is 1. The van der Waals surface area contributed by atoms with Gasteiger partial charge in [0.1, 0.15) is 18.1 Å². The van der Waals surface area contributed by atoms with Gasteiger partial charge in [0.05, 0.1) is 12.3 Å². The number of hydrogen-bond acceptors (Lipinski definition) is 4. The second-order valence-electron chi connectivity index (χ2n) is 5.99. The number of fused-ring (bicyclic) bond motifs is 1. The van der Waals surface area contributed by atoms with Crippen molar-refractivity contribution in [3.8, 4) is 5.75 Å². The highest BCUT2D eigenvalue weighted by molar-refractivity contribution is 5.76. The number of benzene rings is 1. The maximum absolute atomic E-state index is 12.1. The van der Waals surface area contributed by atoms with E-state index in [-0.39, 0.29) is 12.5 Å². The molecule has 1 aliphatic heterocycles. The molecule has 0 spiro atoms. The minimum absolute atomic E-state index is 0.0711. The molecule has 1 unspecified atom stereocenters. The highest BCUT2D eigenvalue weighted by atomic mass is 16.5. The maximum Gasteiger partial charge on any atom is 0.241 e. The van der Waals surface area contributed by atoms with Crippen LogP contribution >= 0.6 is 0 Å². The average Bonchev–Trinajstić information content (AvgIpc) is 2.73. The highest BCUT2D eigenvalue weighted by Gasteiger charge is 2.18. The van der Waals surface area contributed by atoms with Crippen LogP contribution in [0.5, 0.6) is 5.75 Å². The van der Waals surface area contributed by atoms with Crippen molar-refractivity contribution in [1.82, 2.24) is 15.1 Å². The summed E-state index contributed by atoms with van der Waals surface area (Å²) in [7, 11) is 0. The number of anilines is 1. The van der Waals surface area contributed by atoms with Crippen LogP contribution < -0.4 is 15.8 Å². The molecule has 122 valence electrons. The van der Waals surface area contributed by atoms with E-state index in [1.165, 1.54) is 10.2 Å². The quantitative estimate of drug-likeness (QED) is 0.896. The first kappa shape index (κ1) is 15.4. The molecule has 6 nitrogen and oxygen atoms in total. The van der Waals surface area contributed by atoms with Gasteiger partial charge in [-0.25, -0.2) is 4.68 Å². The topological polar surface area (TPSA) is 82.2 Å². The van der Waals surface area contributed by atoms with Crippen molar-refractivity contribution in [2.45, 2.75) is 26.3 Å². The number of amides is 1. The number of rotatable bonds is 4. The summed E-state index contributed by atoms with van der Waals surface area (Å²) < 4.78 is 7.28. The number of carbonyl (C=O) groups is 1. The molecule has 2 aromatic rings. The zero-order valence-electron chi connectivity index (χ0n) is 13.3. The third-order valence-electron chi connectivity index (χ3n) is 4.08. The Labute approximate surface area is 135 Å². The number of carbonyl (C=O) groups excluding carboxylic acids is 1. The van der Waals surface area contributed by atoms with Gasteiger partial charge in [0.15, 0.2) is 0 Å². The van der Waals surface area contributed by atoms with Crippen LogP contribution in [0.1, 0.15) is 17.7 Å². The van der Waals surface area contributed by atoms with Crippen molar-refractivity contribution in [2.24, 2.45) is 5.92 Å². The lowest BCUT2D eigenvalue weighted by atomic mass is 9.97.